The van der Waals surface area contributed by atoms with Crippen LogP contribution in [0.1, 0.15) is 6.92 Å². The second kappa shape index (κ2) is 5.34. The van der Waals surface area contributed by atoms with E-state index in [-0.39, 0.29) is 17.7 Å². The number of esters is 1. The molecule has 0 aliphatic heterocycles. The highest BCUT2D eigenvalue weighted by Gasteiger charge is 2.11. The van der Waals surface area contributed by atoms with E-state index in [1.54, 1.807) is 19.1 Å². The van der Waals surface area contributed by atoms with Gasteiger partial charge in [0.05, 0.1) is 13.0 Å². The summed E-state index contributed by atoms with van der Waals surface area (Å²) in [5, 5.41) is 3.02. The fourth-order valence-corrected chi connectivity index (χ4v) is 1.12. The summed E-state index contributed by atoms with van der Waals surface area (Å²) in [7, 11) is 1.36. The van der Waals surface area contributed by atoms with Gasteiger partial charge >= 0.3 is 5.97 Å². The zero-order valence-corrected chi connectivity index (χ0v) is 8.79. The standard InChI is InChI=1S/C11H14FNO2/c1-8(11(14)15-2)7-13-10-5-3-9(12)4-6-10/h3-6,8,13H,7H2,1-2H3. The minimum atomic E-state index is -0.276. The van der Waals surface area contributed by atoms with Crippen molar-refractivity contribution in [1.82, 2.24) is 0 Å². The smallest absolute Gasteiger partial charge is 0.310 e. The van der Waals surface area contributed by atoms with Gasteiger partial charge in [-0.2, -0.15) is 0 Å². The van der Waals surface area contributed by atoms with E-state index in [4.69, 9.17) is 0 Å². The highest BCUT2D eigenvalue weighted by Crippen LogP contribution is 2.09. The van der Waals surface area contributed by atoms with Crippen molar-refractivity contribution in [3.63, 3.8) is 0 Å². The zero-order valence-electron chi connectivity index (χ0n) is 8.79. The lowest BCUT2D eigenvalue weighted by Gasteiger charge is -2.11. The second-order valence-electron chi connectivity index (χ2n) is 3.31. The molecule has 0 heterocycles. The highest BCUT2D eigenvalue weighted by molar-refractivity contribution is 5.72. The number of anilines is 1. The van der Waals surface area contributed by atoms with Gasteiger partial charge in [-0.15, -0.1) is 0 Å². The number of halogens is 1. The van der Waals surface area contributed by atoms with Crippen LogP contribution in [0.2, 0.25) is 0 Å². The normalized spacial score (nSPS) is 11.9. The Balaban J connectivity index is 2.43. The first kappa shape index (κ1) is 11.5. The molecular formula is C11H14FNO2. The van der Waals surface area contributed by atoms with E-state index in [9.17, 15) is 9.18 Å². The van der Waals surface area contributed by atoms with E-state index in [1.807, 2.05) is 0 Å². The Morgan fingerprint density at radius 3 is 2.60 bits per heavy atom. The van der Waals surface area contributed by atoms with E-state index in [1.165, 1.54) is 19.2 Å². The lowest BCUT2D eigenvalue weighted by atomic mass is 10.2. The van der Waals surface area contributed by atoms with Crippen molar-refractivity contribution in [1.29, 1.82) is 0 Å². The topological polar surface area (TPSA) is 38.3 Å². The maximum Gasteiger partial charge on any atom is 0.310 e. The van der Waals surface area contributed by atoms with E-state index in [2.05, 4.69) is 10.1 Å². The molecule has 1 unspecified atom stereocenters. The fourth-order valence-electron chi connectivity index (χ4n) is 1.12. The molecule has 3 nitrogen and oxygen atoms in total. The van der Waals surface area contributed by atoms with Gasteiger partial charge in [0.1, 0.15) is 5.82 Å². The van der Waals surface area contributed by atoms with Crippen LogP contribution in [0.3, 0.4) is 0 Å². The second-order valence-corrected chi connectivity index (χ2v) is 3.31. The van der Waals surface area contributed by atoms with Crippen LogP contribution in [0, 0.1) is 11.7 Å². The third-order valence-corrected chi connectivity index (χ3v) is 2.06. The van der Waals surface area contributed by atoms with E-state index in [0.29, 0.717) is 6.54 Å². The molecule has 1 aromatic carbocycles. The number of hydrogen-bond acceptors (Lipinski definition) is 3. The van der Waals surface area contributed by atoms with Crippen LogP contribution < -0.4 is 5.32 Å². The molecule has 0 bridgehead atoms. The van der Waals surface area contributed by atoms with Crippen LogP contribution in [-0.2, 0) is 9.53 Å². The van der Waals surface area contributed by atoms with Crippen LogP contribution in [0.25, 0.3) is 0 Å². The van der Waals surface area contributed by atoms with Crippen molar-refractivity contribution >= 4 is 11.7 Å². The molecule has 1 aromatic rings. The molecule has 4 heteroatoms. The molecule has 82 valence electrons. The van der Waals surface area contributed by atoms with Gasteiger partial charge in [-0.05, 0) is 24.3 Å². The average molecular weight is 211 g/mol. The van der Waals surface area contributed by atoms with Gasteiger partial charge in [0.2, 0.25) is 0 Å². The largest absolute Gasteiger partial charge is 0.469 e. The van der Waals surface area contributed by atoms with Crippen LogP contribution in [0.15, 0.2) is 24.3 Å². The van der Waals surface area contributed by atoms with Crippen molar-refractivity contribution in [3.8, 4) is 0 Å². The summed E-state index contributed by atoms with van der Waals surface area (Å²) < 4.78 is 17.1. The van der Waals surface area contributed by atoms with Crippen molar-refractivity contribution in [2.45, 2.75) is 6.92 Å². The monoisotopic (exact) mass is 211 g/mol. The van der Waals surface area contributed by atoms with Gasteiger partial charge in [0.25, 0.3) is 0 Å². The zero-order chi connectivity index (χ0) is 11.3. The van der Waals surface area contributed by atoms with Crippen molar-refractivity contribution in [2.75, 3.05) is 19.0 Å². The Bertz CT molecular complexity index is 324. The predicted octanol–water partition coefficient (Wildman–Crippen LogP) is 2.05. The number of ether oxygens (including phenoxy) is 1. The van der Waals surface area contributed by atoms with Crippen molar-refractivity contribution in [3.05, 3.63) is 30.1 Å². The summed E-state index contributed by atoms with van der Waals surface area (Å²) in [5.74, 6) is -0.758. The number of benzene rings is 1. The summed E-state index contributed by atoms with van der Waals surface area (Å²) in [6.45, 7) is 2.24. The van der Waals surface area contributed by atoms with Gasteiger partial charge in [0.15, 0.2) is 0 Å². The summed E-state index contributed by atoms with van der Waals surface area (Å²) in [4.78, 5) is 11.1. The molecule has 0 radical (unpaired) electrons. The van der Waals surface area contributed by atoms with Gasteiger partial charge < -0.3 is 10.1 Å². The summed E-state index contributed by atoms with van der Waals surface area (Å²) in [6, 6.07) is 5.98. The molecule has 0 aliphatic rings. The summed E-state index contributed by atoms with van der Waals surface area (Å²) in [6.07, 6.45) is 0. The number of methoxy groups -OCH3 is 1. The molecule has 1 atom stereocenters. The van der Waals surface area contributed by atoms with E-state index < -0.39 is 0 Å². The Morgan fingerprint density at radius 1 is 1.47 bits per heavy atom. The minimum Gasteiger partial charge on any atom is -0.469 e. The first-order valence-electron chi connectivity index (χ1n) is 4.70. The molecule has 0 aliphatic carbocycles. The molecule has 15 heavy (non-hydrogen) atoms. The average Bonchev–Trinajstić information content (AvgIpc) is 2.26. The summed E-state index contributed by atoms with van der Waals surface area (Å²) >= 11 is 0. The number of carbonyl (C=O) groups excluding carboxylic acids is 1. The number of carbonyl (C=O) groups is 1. The third-order valence-electron chi connectivity index (χ3n) is 2.06. The van der Waals surface area contributed by atoms with Crippen molar-refractivity contribution < 1.29 is 13.9 Å². The molecule has 0 aromatic heterocycles. The number of hydrogen-bond donors (Lipinski definition) is 1. The quantitative estimate of drug-likeness (QED) is 0.774. The Labute approximate surface area is 88.2 Å². The van der Waals surface area contributed by atoms with Gasteiger partial charge in [-0.3, -0.25) is 4.79 Å². The first-order chi connectivity index (χ1) is 7.13. The lowest BCUT2D eigenvalue weighted by molar-refractivity contribution is -0.144. The van der Waals surface area contributed by atoms with Gasteiger partial charge in [-0.25, -0.2) is 4.39 Å². The maximum absolute atomic E-state index is 12.6. The predicted molar refractivity (Wildman–Crippen MR) is 56.1 cm³/mol. The van der Waals surface area contributed by atoms with Gasteiger partial charge in [0, 0.05) is 12.2 Å². The molecular weight excluding hydrogens is 197 g/mol. The fraction of sp³-hybridized carbons (Fsp3) is 0.364. The molecule has 0 saturated carbocycles. The van der Waals surface area contributed by atoms with Crippen molar-refractivity contribution in [2.24, 2.45) is 5.92 Å². The maximum atomic E-state index is 12.6. The Hall–Kier alpha value is -1.58. The van der Waals surface area contributed by atoms with E-state index in [0.717, 1.165) is 5.69 Å². The molecule has 0 spiro atoms. The summed E-state index contributed by atoms with van der Waals surface area (Å²) in [5.41, 5.74) is 0.784. The minimum absolute atomic E-state index is 0.222. The molecule has 0 saturated heterocycles. The Morgan fingerprint density at radius 2 is 2.07 bits per heavy atom. The molecule has 0 fully saturated rings. The first-order valence-corrected chi connectivity index (χ1v) is 4.70. The number of rotatable bonds is 4. The molecule has 1 rings (SSSR count). The van der Waals surface area contributed by atoms with Crippen LogP contribution in [-0.4, -0.2) is 19.6 Å². The van der Waals surface area contributed by atoms with Crippen LogP contribution in [0.5, 0.6) is 0 Å². The molecule has 0 amide bonds. The molecule has 1 N–H and O–H groups in total. The van der Waals surface area contributed by atoms with Crippen LogP contribution >= 0.6 is 0 Å². The SMILES string of the molecule is COC(=O)C(C)CNc1ccc(F)cc1. The Kier molecular flexibility index (Phi) is 4.09. The lowest BCUT2D eigenvalue weighted by Crippen LogP contribution is -2.21. The van der Waals surface area contributed by atoms with E-state index >= 15 is 0 Å². The van der Waals surface area contributed by atoms with Crippen LogP contribution in [0.4, 0.5) is 10.1 Å². The van der Waals surface area contributed by atoms with Gasteiger partial charge in [-0.1, -0.05) is 6.92 Å². The third kappa shape index (κ3) is 3.58. The number of nitrogens with one attached hydrogen (secondary N) is 1. The highest BCUT2D eigenvalue weighted by atomic mass is 19.1.